The average molecular weight is 340 g/mol. The maximum Gasteiger partial charge on any atom is 0.246 e. The van der Waals surface area contributed by atoms with Crippen molar-refractivity contribution in [3.05, 3.63) is 47.3 Å². The maximum absolute atomic E-state index is 12.1. The van der Waals surface area contributed by atoms with Crippen LogP contribution in [-0.2, 0) is 11.3 Å². The number of likely N-dealkylation sites (N-methyl/N-ethyl adjacent to an activating group) is 1. The Morgan fingerprint density at radius 2 is 2.38 bits per heavy atom. The molecule has 1 N–H and O–H groups in total. The highest BCUT2D eigenvalue weighted by atomic mass is 32.1. The maximum atomic E-state index is 12.1. The van der Waals surface area contributed by atoms with Crippen LogP contribution in [0.15, 0.2) is 36.8 Å². The minimum atomic E-state index is -0.0819. The van der Waals surface area contributed by atoms with Crippen LogP contribution in [0, 0.1) is 0 Å². The molecule has 0 spiro atoms. The van der Waals surface area contributed by atoms with Gasteiger partial charge in [0.1, 0.15) is 17.8 Å². The molecule has 0 saturated heterocycles. The summed E-state index contributed by atoms with van der Waals surface area (Å²) in [5, 5.41) is 0.957. The predicted molar refractivity (Wildman–Crippen MR) is 92.8 cm³/mol. The molecule has 4 heterocycles. The zero-order valence-electron chi connectivity index (χ0n) is 13.1. The van der Waals surface area contributed by atoms with E-state index in [9.17, 15) is 4.79 Å². The number of hydrogen-bond acceptors (Lipinski definition) is 6. The molecule has 0 saturated carbocycles. The van der Waals surface area contributed by atoms with Crippen LogP contribution in [0.3, 0.4) is 0 Å². The van der Waals surface area contributed by atoms with Gasteiger partial charge in [-0.3, -0.25) is 4.79 Å². The molecule has 1 atom stereocenters. The zero-order valence-corrected chi connectivity index (χ0v) is 14.0. The van der Waals surface area contributed by atoms with Gasteiger partial charge in [0.15, 0.2) is 0 Å². The summed E-state index contributed by atoms with van der Waals surface area (Å²) in [5.74, 6) is 0.750. The molecule has 3 aromatic heterocycles. The summed E-state index contributed by atoms with van der Waals surface area (Å²) in [5.41, 5.74) is 3.57. The summed E-state index contributed by atoms with van der Waals surface area (Å²) < 4.78 is 0. The molecule has 1 unspecified atom stereocenters. The normalized spacial score (nSPS) is 16.9. The molecule has 0 aromatic carbocycles. The van der Waals surface area contributed by atoms with Gasteiger partial charge in [-0.1, -0.05) is 6.58 Å². The summed E-state index contributed by atoms with van der Waals surface area (Å²) in [6.07, 6.45) is 4.75. The van der Waals surface area contributed by atoms with E-state index in [1.807, 2.05) is 24.8 Å². The van der Waals surface area contributed by atoms with Gasteiger partial charge >= 0.3 is 0 Å². The molecule has 1 aliphatic rings. The minimum Gasteiger partial charge on any atom is -0.349 e. The molecule has 1 amide bonds. The van der Waals surface area contributed by atoms with Crippen LogP contribution in [0.5, 0.6) is 0 Å². The lowest BCUT2D eigenvalue weighted by Crippen LogP contribution is -2.42. The van der Waals surface area contributed by atoms with Crippen molar-refractivity contribution in [3.8, 4) is 0 Å². The van der Waals surface area contributed by atoms with Crippen LogP contribution in [0.2, 0.25) is 0 Å². The number of aromatic nitrogens is 4. The van der Waals surface area contributed by atoms with Gasteiger partial charge in [0, 0.05) is 19.8 Å². The Labute approximate surface area is 142 Å². The summed E-state index contributed by atoms with van der Waals surface area (Å²) in [4.78, 5) is 33.4. The number of nitrogens with one attached hydrogen (secondary N) is 1. The Hall–Kier alpha value is -2.74. The molecule has 0 bridgehead atoms. The molecule has 8 heteroatoms. The molecule has 4 rings (SSSR count). The first-order valence-corrected chi connectivity index (χ1v) is 8.41. The molecule has 0 aliphatic carbocycles. The Morgan fingerprint density at radius 3 is 3.21 bits per heavy atom. The van der Waals surface area contributed by atoms with Gasteiger partial charge in [0.25, 0.3) is 0 Å². The summed E-state index contributed by atoms with van der Waals surface area (Å²) in [7, 11) is 1.99. The van der Waals surface area contributed by atoms with Crippen LogP contribution in [0.1, 0.15) is 16.6 Å². The number of amides is 1. The van der Waals surface area contributed by atoms with Crippen molar-refractivity contribution in [2.75, 3.05) is 18.5 Å². The van der Waals surface area contributed by atoms with Crippen LogP contribution in [0.25, 0.3) is 11.0 Å². The highest BCUT2D eigenvalue weighted by molar-refractivity contribution is 7.09. The topological polar surface area (TPSA) is 78.0 Å². The van der Waals surface area contributed by atoms with Crippen molar-refractivity contribution < 1.29 is 4.79 Å². The molecule has 1 aliphatic heterocycles. The van der Waals surface area contributed by atoms with Crippen LogP contribution in [0.4, 0.5) is 5.82 Å². The van der Waals surface area contributed by atoms with Gasteiger partial charge in [0.05, 0.1) is 34.1 Å². The van der Waals surface area contributed by atoms with Gasteiger partial charge in [0.2, 0.25) is 5.91 Å². The molecule has 3 aromatic rings. The van der Waals surface area contributed by atoms with Crippen LogP contribution in [-0.4, -0.2) is 44.3 Å². The van der Waals surface area contributed by atoms with Crippen molar-refractivity contribution in [3.63, 3.8) is 0 Å². The molecule has 7 nitrogen and oxygen atoms in total. The number of H-pyrrole nitrogens is 1. The van der Waals surface area contributed by atoms with E-state index in [-0.39, 0.29) is 11.9 Å². The second-order valence-corrected chi connectivity index (χ2v) is 6.54. The molecule has 0 fully saturated rings. The third-order valence-corrected chi connectivity index (χ3v) is 5.30. The van der Waals surface area contributed by atoms with E-state index in [1.165, 1.54) is 11.0 Å². The number of rotatable bonds is 3. The van der Waals surface area contributed by atoms with Crippen molar-refractivity contribution in [2.24, 2.45) is 0 Å². The lowest BCUT2D eigenvalue weighted by molar-refractivity contribution is -0.127. The van der Waals surface area contributed by atoms with Crippen molar-refractivity contribution in [1.82, 2.24) is 24.8 Å². The lowest BCUT2D eigenvalue weighted by Gasteiger charge is -2.37. The van der Waals surface area contributed by atoms with E-state index in [1.54, 1.807) is 22.6 Å². The minimum absolute atomic E-state index is 0.00171. The van der Waals surface area contributed by atoms with Gasteiger partial charge in [-0.2, -0.15) is 0 Å². The summed E-state index contributed by atoms with van der Waals surface area (Å²) in [6, 6.07) is 1.96. The van der Waals surface area contributed by atoms with E-state index < -0.39 is 0 Å². The average Bonchev–Trinajstić information content (AvgIpc) is 3.27. The van der Waals surface area contributed by atoms with Crippen LogP contribution >= 0.6 is 11.3 Å². The number of thiazole rings is 1. The second-order valence-electron chi connectivity index (χ2n) is 5.65. The number of fused-ring (bicyclic) bond motifs is 2. The second kappa shape index (κ2) is 5.72. The predicted octanol–water partition coefficient (Wildman–Crippen LogP) is 2.12. The monoisotopic (exact) mass is 340 g/mol. The van der Waals surface area contributed by atoms with Gasteiger partial charge < -0.3 is 14.8 Å². The third-order valence-electron chi connectivity index (χ3n) is 4.33. The quantitative estimate of drug-likeness (QED) is 0.739. The van der Waals surface area contributed by atoms with Gasteiger partial charge in [-0.05, 0) is 12.1 Å². The number of aromatic amines is 1. The first-order valence-electron chi connectivity index (χ1n) is 7.53. The fourth-order valence-corrected chi connectivity index (χ4v) is 4.02. The standard InChI is InChI=1S/C16H16N6OS/c1-3-13(23)22-6-11-14(24-9-20-11)12(7-22)21(2)16-10-4-5-17-15(10)18-8-19-16/h3-5,8-9,12H,1,6-7H2,2H3,(H,17,18,19). The number of carbonyl (C=O) groups excluding carboxylic acids is 1. The van der Waals surface area contributed by atoms with E-state index in [2.05, 4.69) is 31.4 Å². The number of hydrogen-bond donors (Lipinski definition) is 1. The van der Waals surface area contributed by atoms with Gasteiger partial charge in [-0.25, -0.2) is 15.0 Å². The SMILES string of the molecule is C=CC(=O)N1Cc2ncsc2C(N(C)c2ncnc3[nH]ccc23)C1. The van der Waals surface area contributed by atoms with Crippen molar-refractivity contribution in [1.29, 1.82) is 0 Å². The van der Waals surface area contributed by atoms with Crippen molar-refractivity contribution >= 4 is 34.1 Å². The lowest BCUT2D eigenvalue weighted by atomic mass is 10.1. The van der Waals surface area contributed by atoms with Crippen molar-refractivity contribution in [2.45, 2.75) is 12.6 Å². The molecule has 24 heavy (non-hydrogen) atoms. The van der Waals surface area contributed by atoms with E-state index in [0.717, 1.165) is 22.5 Å². The summed E-state index contributed by atoms with van der Waals surface area (Å²) in [6.45, 7) is 4.70. The van der Waals surface area contributed by atoms with E-state index >= 15 is 0 Å². The Kier molecular flexibility index (Phi) is 3.53. The highest BCUT2D eigenvalue weighted by Gasteiger charge is 2.33. The van der Waals surface area contributed by atoms with Gasteiger partial charge in [-0.15, -0.1) is 11.3 Å². The first-order chi connectivity index (χ1) is 11.7. The number of nitrogens with zero attached hydrogens (tertiary/aromatic N) is 5. The molecule has 0 radical (unpaired) electrons. The molecular formula is C16H16N6OS. The molecule has 122 valence electrons. The van der Waals surface area contributed by atoms with E-state index in [4.69, 9.17) is 0 Å². The fraction of sp³-hybridized carbons (Fsp3) is 0.250. The largest absolute Gasteiger partial charge is 0.349 e. The van der Waals surface area contributed by atoms with E-state index in [0.29, 0.717) is 13.1 Å². The summed E-state index contributed by atoms with van der Waals surface area (Å²) >= 11 is 1.62. The third kappa shape index (κ3) is 2.26. The number of carbonyl (C=O) groups is 1. The first kappa shape index (κ1) is 14.8. The van der Waals surface area contributed by atoms with Crippen LogP contribution < -0.4 is 4.90 Å². The Balaban J connectivity index is 1.76. The highest BCUT2D eigenvalue weighted by Crippen LogP contribution is 2.36. The molecular weight excluding hydrogens is 324 g/mol. The fourth-order valence-electron chi connectivity index (χ4n) is 3.09. The Bertz CT molecular complexity index is 916. The Morgan fingerprint density at radius 1 is 1.50 bits per heavy atom. The zero-order chi connectivity index (χ0) is 16.7. The smallest absolute Gasteiger partial charge is 0.246 e. The number of anilines is 1.